The summed E-state index contributed by atoms with van der Waals surface area (Å²) in [4.78, 5) is 2.17. The Kier molecular flexibility index (Phi) is 6.12. The lowest BCUT2D eigenvalue weighted by atomic mass is 9.96. The molecular weight excluding hydrogens is 253 g/mol. The molecule has 114 valence electrons. The van der Waals surface area contributed by atoms with Gasteiger partial charge < -0.3 is 10.2 Å². The highest BCUT2D eigenvalue weighted by molar-refractivity contribution is 4.77. The third-order valence-corrected chi connectivity index (χ3v) is 3.61. The molecule has 19 heavy (non-hydrogen) atoms. The zero-order valence-corrected chi connectivity index (χ0v) is 12.3. The maximum absolute atomic E-state index is 12.5. The van der Waals surface area contributed by atoms with E-state index in [1.807, 2.05) is 0 Å². The Balaban J connectivity index is 2.07. The molecule has 5 heteroatoms. The molecule has 0 amide bonds. The van der Waals surface area contributed by atoms with Crippen LogP contribution in [0.4, 0.5) is 13.2 Å². The number of nitrogens with one attached hydrogen (secondary N) is 1. The third kappa shape index (κ3) is 7.16. The van der Waals surface area contributed by atoms with Crippen molar-refractivity contribution < 1.29 is 13.2 Å². The van der Waals surface area contributed by atoms with Crippen molar-refractivity contribution in [2.45, 2.75) is 58.2 Å². The number of unbranched alkanes of at least 4 members (excludes halogenated alkanes) is 1. The average Bonchev–Trinajstić information content (AvgIpc) is 2.26. The second-order valence-electron chi connectivity index (χ2n) is 6.54. The van der Waals surface area contributed by atoms with Crippen LogP contribution in [0.25, 0.3) is 0 Å². The summed E-state index contributed by atoms with van der Waals surface area (Å²) in [6, 6.07) is 0. The van der Waals surface area contributed by atoms with Crippen molar-refractivity contribution in [3.8, 4) is 0 Å². The van der Waals surface area contributed by atoms with Gasteiger partial charge in [-0.1, -0.05) is 0 Å². The monoisotopic (exact) mass is 280 g/mol. The summed E-state index contributed by atoms with van der Waals surface area (Å²) in [5, 5.41) is 3.42. The highest BCUT2D eigenvalue weighted by Gasteiger charge is 2.40. The number of alkyl halides is 3. The Morgan fingerprint density at radius 1 is 1.05 bits per heavy atom. The first-order chi connectivity index (χ1) is 8.68. The lowest BCUT2D eigenvalue weighted by Crippen LogP contribution is -2.40. The number of halogens is 3. The molecule has 0 aliphatic carbocycles. The number of piperidine rings is 1. The molecule has 2 nitrogen and oxygen atoms in total. The van der Waals surface area contributed by atoms with Crippen LogP contribution in [-0.4, -0.2) is 42.8 Å². The molecular formula is C14H27F3N2. The van der Waals surface area contributed by atoms with Crippen molar-refractivity contribution in [3.05, 3.63) is 0 Å². The summed E-state index contributed by atoms with van der Waals surface area (Å²) < 4.78 is 37.5. The van der Waals surface area contributed by atoms with E-state index in [9.17, 15) is 13.2 Å². The topological polar surface area (TPSA) is 15.3 Å². The van der Waals surface area contributed by atoms with E-state index < -0.39 is 12.1 Å². The minimum Gasteiger partial charge on any atom is -0.312 e. The second-order valence-corrected chi connectivity index (χ2v) is 6.54. The average molecular weight is 280 g/mol. The van der Waals surface area contributed by atoms with Crippen molar-refractivity contribution in [1.82, 2.24) is 10.2 Å². The Morgan fingerprint density at radius 3 is 2.11 bits per heavy atom. The lowest BCUT2D eigenvalue weighted by molar-refractivity contribution is -0.185. The molecule has 1 aliphatic heterocycles. The SMILES string of the molecule is CC(C)(C)NCCCCN1CCC(C(F)(F)F)CC1. The van der Waals surface area contributed by atoms with Crippen molar-refractivity contribution in [3.63, 3.8) is 0 Å². The fourth-order valence-corrected chi connectivity index (χ4v) is 2.41. The molecule has 0 saturated carbocycles. The van der Waals surface area contributed by atoms with Gasteiger partial charge in [0, 0.05) is 5.54 Å². The molecule has 1 heterocycles. The fraction of sp³-hybridized carbons (Fsp3) is 1.00. The van der Waals surface area contributed by atoms with Gasteiger partial charge in [0.2, 0.25) is 0 Å². The zero-order valence-electron chi connectivity index (χ0n) is 12.3. The van der Waals surface area contributed by atoms with E-state index in [0.29, 0.717) is 13.1 Å². The molecule has 1 fully saturated rings. The molecule has 0 spiro atoms. The predicted octanol–water partition coefficient (Wildman–Crippen LogP) is 3.43. The van der Waals surface area contributed by atoms with Gasteiger partial charge in [-0.2, -0.15) is 13.2 Å². The minimum absolute atomic E-state index is 0.144. The summed E-state index contributed by atoms with van der Waals surface area (Å²) in [7, 11) is 0. The van der Waals surface area contributed by atoms with Gasteiger partial charge in [-0.25, -0.2) is 0 Å². The number of hydrogen-bond donors (Lipinski definition) is 1. The Hall–Kier alpha value is -0.290. The molecule has 0 bridgehead atoms. The van der Waals surface area contributed by atoms with Crippen LogP contribution in [0.5, 0.6) is 0 Å². The Morgan fingerprint density at radius 2 is 1.63 bits per heavy atom. The molecule has 1 aliphatic rings. The van der Waals surface area contributed by atoms with Crippen LogP contribution in [0.2, 0.25) is 0 Å². The first-order valence-electron chi connectivity index (χ1n) is 7.22. The van der Waals surface area contributed by atoms with Crippen LogP contribution in [-0.2, 0) is 0 Å². The quantitative estimate of drug-likeness (QED) is 0.776. The van der Waals surface area contributed by atoms with Crippen molar-refractivity contribution >= 4 is 0 Å². The summed E-state index contributed by atoms with van der Waals surface area (Å²) in [6.07, 6.45) is -1.33. The predicted molar refractivity (Wildman–Crippen MR) is 72.2 cm³/mol. The van der Waals surface area contributed by atoms with Crippen LogP contribution in [0, 0.1) is 5.92 Å². The number of hydrogen-bond acceptors (Lipinski definition) is 2. The van der Waals surface area contributed by atoms with Crippen LogP contribution >= 0.6 is 0 Å². The smallest absolute Gasteiger partial charge is 0.312 e. The van der Waals surface area contributed by atoms with Crippen LogP contribution in [0.15, 0.2) is 0 Å². The minimum atomic E-state index is -4.00. The summed E-state index contributed by atoms with van der Waals surface area (Å²) >= 11 is 0. The van der Waals surface area contributed by atoms with E-state index in [1.54, 1.807) is 0 Å². The van der Waals surface area contributed by atoms with E-state index in [-0.39, 0.29) is 18.4 Å². The van der Waals surface area contributed by atoms with E-state index in [1.165, 1.54) is 0 Å². The summed E-state index contributed by atoms with van der Waals surface area (Å²) in [6.45, 7) is 9.49. The maximum Gasteiger partial charge on any atom is 0.391 e. The van der Waals surface area contributed by atoms with Crippen LogP contribution < -0.4 is 5.32 Å². The third-order valence-electron chi connectivity index (χ3n) is 3.61. The van der Waals surface area contributed by atoms with Gasteiger partial charge in [0.05, 0.1) is 5.92 Å². The molecule has 0 atom stereocenters. The maximum atomic E-state index is 12.5. The highest BCUT2D eigenvalue weighted by Crippen LogP contribution is 2.33. The molecule has 0 radical (unpaired) electrons. The largest absolute Gasteiger partial charge is 0.391 e. The van der Waals surface area contributed by atoms with E-state index in [2.05, 4.69) is 31.0 Å². The van der Waals surface area contributed by atoms with Crippen molar-refractivity contribution in [1.29, 1.82) is 0 Å². The van der Waals surface area contributed by atoms with Crippen molar-refractivity contribution in [2.24, 2.45) is 5.92 Å². The molecule has 1 rings (SSSR count). The Bertz CT molecular complexity index is 250. The summed E-state index contributed by atoms with van der Waals surface area (Å²) in [5.41, 5.74) is 0.144. The lowest BCUT2D eigenvalue weighted by Gasteiger charge is -2.32. The molecule has 1 saturated heterocycles. The van der Waals surface area contributed by atoms with Gasteiger partial charge in [0.1, 0.15) is 0 Å². The first-order valence-corrected chi connectivity index (χ1v) is 7.22. The molecule has 1 N–H and O–H groups in total. The van der Waals surface area contributed by atoms with Gasteiger partial charge >= 0.3 is 6.18 Å². The van der Waals surface area contributed by atoms with Gasteiger partial charge in [-0.15, -0.1) is 0 Å². The zero-order chi connectivity index (χ0) is 14.5. The first kappa shape index (κ1) is 16.8. The van der Waals surface area contributed by atoms with Gasteiger partial charge in [-0.05, 0) is 72.6 Å². The van der Waals surface area contributed by atoms with Crippen molar-refractivity contribution in [2.75, 3.05) is 26.2 Å². The molecule has 0 aromatic carbocycles. The highest BCUT2D eigenvalue weighted by atomic mass is 19.4. The van der Waals surface area contributed by atoms with E-state index in [0.717, 1.165) is 25.9 Å². The second kappa shape index (κ2) is 6.93. The summed E-state index contributed by atoms with van der Waals surface area (Å²) in [5.74, 6) is -1.08. The van der Waals surface area contributed by atoms with Gasteiger partial charge in [0.15, 0.2) is 0 Å². The van der Waals surface area contributed by atoms with Crippen LogP contribution in [0.1, 0.15) is 46.5 Å². The number of rotatable bonds is 5. The normalized spacial score (nSPS) is 19.9. The van der Waals surface area contributed by atoms with Gasteiger partial charge in [0.25, 0.3) is 0 Å². The standard InChI is InChI=1S/C14H27F3N2/c1-13(2,3)18-8-4-5-9-19-10-6-12(7-11-19)14(15,16)17/h12,18H,4-11H2,1-3H3. The number of nitrogens with zero attached hydrogens (tertiary/aromatic N) is 1. The molecule has 0 aromatic heterocycles. The fourth-order valence-electron chi connectivity index (χ4n) is 2.41. The van der Waals surface area contributed by atoms with Crippen LogP contribution in [0.3, 0.4) is 0 Å². The number of likely N-dealkylation sites (tertiary alicyclic amines) is 1. The van der Waals surface area contributed by atoms with E-state index >= 15 is 0 Å². The van der Waals surface area contributed by atoms with Gasteiger partial charge in [-0.3, -0.25) is 0 Å². The van der Waals surface area contributed by atoms with E-state index in [4.69, 9.17) is 0 Å². The Labute approximate surface area is 114 Å². The molecule has 0 aromatic rings. The molecule has 0 unspecified atom stereocenters.